The molecule has 2 aromatic rings. The van der Waals surface area contributed by atoms with E-state index in [0.29, 0.717) is 24.6 Å². The lowest BCUT2D eigenvalue weighted by Gasteiger charge is -2.25. The average molecular weight is 399 g/mol. The molecule has 3 rings (SSSR count). The molecule has 1 aliphatic heterocycles. The number of hydrogen-bond donors (Lipinski definition) is 0. The number of amides is 1. The molecule has 1 amide bonds. The Morgan fingerprint density at radius 3 is 2.52 bits per heavy atom. The summed E-state index contributed by atoms with van der Waals surface area (Å²) >= 11 is 0. The Labute approximate surface area is 174 Å². The highest BCUT2D eigenvalue weighted by Gasteiger charge is 2.25. The number of imidazole rings is 1. The van der Waals surface area contributed by atoms with Crippen molar-refractivity contribution in [1.29, 1.82) is 0 Å². The zero-order valence-corrected chi connectivity index (χ0v) is 18.4. The number of nitrogens with zero attached hydrogens (tertiary/aromatic N) is 4. The van der Waals surface area contributed by atoms with Gasteiger partial charge in [0.25, 0.3) is 5.91 Å². The van der Waals surface area contributed by atoms with E-state index in [1.54, 1.807) is 12.3 Å². The van der Waals surface area contributed by atoms with E-state index in [1.165, 1.54) is 0 Å². The number of carbonyl (C=O) groups is 1. The van der Waals surface area contributed by atoms with Crippen LogP contribution in [0.4, 0.5) is 0 Å². The lowest BCUT2D eigenvalue weighted by molar-refractivity contribution is 0.0607. The quantitative estimate of drug-likeness (QED) is 0.733. The summed E-state index contributed by atoms with van der Waals surface area (Å²) < 4.78 is 7.80. The van der Waals surface area contributed by atoms with Crippen molar-refractivity contribution in [3.63, 3.8) is 0 Å². The van der Waals surface area contributed by atoms with Crippen molar-refractivity contribution < 1.29 is 9.53 Å². The van der Waals surface area contributed by atoms with Crippen LogP contribution in [0, 0.1) is 5.92 Å². The molecule has 0 atom stereocenters. The molecule has 0 bridgehead atoms. The van der Waals surface area contributed by atoms with Crippen molar-refractivity contribution in [2.75, 3.05) is 26.3 Å². The molecule has 29 heavy (non-hydrogen) atoms. The summed E-state index contributed by atoms with van der Waals surface area (Å²) in [7, 11) is 0. The maximum atomic E-state index is 12.7. The van der Waals surface area contributed by atoms with E-state index in [2.05, 4.69) is 36.5 Å². The second-order valence-electron chi connectivity index (χ2n) is 8.82. The zero-order chi connectivity index (χ0) is 21.0. The predicted molar refractivity (Wildman–Crippen MR) is 115 cm³/mol. The first-order valence-electron chi connectivity index (χ1n) is 10.7. The van der Waals surface area contributed by atoms with Crippen LogP contribution in [0.5, 0.6) is 0 Å². The lowest BCUT2D eigenvalue weighted by atomic mass is 9.94. The SMILES string of the molecule is CCN(CC)C(=O)c1ccnc(-c2cn(CC3CCOCC3)c(C(C)(C)C)n2)c1. The Bertz CT molecular complexity index is 828. The van der Waals surface area contributed by atoms with Gasteiger partial charge in [-0.2, -0.15) is 0 Å². The zero-order valence-electron chi connectivity index (χ0n) is 18.4. The third-order valence-electron chi connectivity index (χ3n) is 5.56. The predicted octanol–water partition coefficient (Wildman–Crippen LogP) is 4.15. The van der Waals surface area contributed by atoms with Gasteiger partial charge in [-0.25, -0.2) is 4.98 Å². The summed E-state index contributed by atoms with van der Waals surface area (Å²) in [5.41, 5.74) is 2.17. The van der Waals surface area contributed by atoms with Crippen LogP contribution in [-0.2, 0) is 16.7 Å². The van der Waals surface area contributed by atoms with Gasteiger partial charge in [0.15, 0.2) is 0 Å². The molecular formula is C23H34N4O2. The normalized spacial score (nSPS) is 15.5. The molecule has 2 aromatic heterocycles. The third-order valence-corrected chi connectivity index (χ3v) is 5.56. The first-order chi connectivity index (χ1) is 13.8. The van der Waals surface area contributed by atoms with Gasteiger partial charge < -0.3 is 14.2 Å². The summed E-state index contributed by atoms with van der Waals surface area (Å²) in [5, 5.41) is 0. The van der Waals surface area contributed by atoms with Crippen molar-refractivity contribution in [2.24, 2.45) is 5.92 Å². The summed E-state index contributed by atoms with van der Waals surface area (Å²) in [4.78, 5) is 24.0. The van der Waals surface area contributed by atoms with Gasteiger partial charge in [-0.1, -0.05) is 20.8 Å². The fourth-order valence-electron chi connectivity index (χ4n) is 3.88. The molecule has 0 saturated carbocycles. The van der Waals surface area contributed by atoms with Crippen LogP contribution in [0.15, 0.2) is 24.5 Å². The van der Waals surface area contributed by atoms with E-state index in [0.717, 1.165) is 49.8 Å². The van der Waals surface area contributed by atoms with Crippen molar-refractivity contribution in [3.05, 3.63) is 35.9 Å². The molecule has 1 aliphatic rings. The molecular weight excluding hydrogens is 364 g/mol. The average Bonchev–Trinajstić information content (AvgIpc) is 3.14. The number of carbonyl (C=O) groups excluding carboxylic acids is 1. The van der Waals surface area contributed by atoms with Gasteiger partial charge >= 0.3 is 0 Å². The molecule has 0 unspecified atom stereocenters. The highest BCUT2D eigenvalue weighted by atomic mass is 16.5. The Kier molecular flexibility index (Phi) is 6.73. The molecule has 1 fully saturated rings. The second-order valence-corrected chi connectivity index (χ2v) is 8.82. The Hall–Kier alpha value is -2.21. The van der Waals surface area contributed by atoms with E-state index in [1.807, 2.05) is 24.8 Å². The minimum absolute atomic E-state index is 0.0383. The van der Waals surface area contributed by atoms with Crippen LogP contribution in [0.25, 0.3) is 11.4 Å². The Morgan fingerprint density at radius 1 is 1.21 bits per heavy atom. The fourth-order valence-corrected chi connectivity index (χ4v) is 3.88. The molecule has 0 radical (unpaired) electrons. The van der Waals surface area contributed by atoms with Gasteiger partial charge in [-0.3, -0.25) is 9.78 Å². The van der Waals surface area contributed by atoms with Gasteiger partial charge in [0.2, 0.25) is 0 Å². The fraction of sp³-hybridized carbons (Fsp3) is 0.609. The van der Waals surface area contributed by atoms with E-state index in [-0.39, 0.29) is 11.3 Å². The Morgan fingerprint density at radius 2 is 1.90 bits per heavy atom. The minimum Gasteiger partial charge on any atom is -0.381 e. The molecule has 1 saturated heterocycles. The van der Waals surface area contributed by atoms with Gasteiger partial charge in [0, 0.05) is 56.2 Å². The first-order valence-corrected chi connectivity index (χ1v) is 10.7. The number of pyridine rings is 1. The molecule has 158 valence electrons. The molecule has 6 nitrogen and oxygen atoms in total. The van der Waals surface area contributed by atoms with Crippen molar-refractivity contribution >= 4 is 5.91 Å². The molecule has 0 aliphatic carbocycles. The van der Waals surface area contributed by atoms with Crippen LogP contribution < -0.4 is 0 Å². The number of aromatic nitrogens is 3. The number of rotatable bonds is 6. The lowest BCUT2D eigenvalue weighted by Crippen LogP contribution is -2.30. The largest absolute Gasteiger partial charge is 0.381 e. The van der Waals surface area contributed by atoms with Crippen LogP contribution in [-0.4, -0.2) is 51.6 Å². The molecule has 3 heterocycles. The maximum Gasteiger partial charge on any atom is 0.253 e. The van der Waals surface area contributed by atoms with E-state index in [4.69, 9.17) is 9.72 Å². The monoisotopic (exact) mass is 398 g/mol. The molecule has 0 aromatic carbocycles. The Balaban J connectivity index is 1.92. The van der Waals surface area contributed by atoms with Crippen molar-refractivity contribution in [2.45, 2.75) is 59.4 Å². The standard InChI is InChI=1S/C23H34N4O2/c1-6-26(7-2)21(28)18-8-11-24-19(14-18)20-16-27(22(25-20)23(3,4)5)15-17-9-12-29-13-10-17/h8,11,14,16-17H,6-7,9-10,12-13,15H2,1-5H3. The summed E-state index contributed by atoms with van der Waals surface area (Å²) in [5.74, 6) is 1.70. The number of ether oxygens (including phenoxy) is 1. The highest BCUT2D eigenvalue weighted by Crippen LogP contribution is 2.28. The van der Waals surface area contributed by atoms with E-state index >= 15 is 0 Å². The van der Waals surface area contributed by atoms with Gasteiger partial charge in [0.1, 0.15) is 11.5 Å². The third kappa shape index (κ3) is 5.04. The number of hydrogen-bond acceptors (Lipinski definition) is 4. The van der Waals surface area contributed by atoms with E-state index < -0.39 is 0 Å². The topological polar surface area (TPSA) is 60.2 Å². The van der Waals surface area contributed by atoms with E-state index in [9.17, 15) is 4.79 Å². The second kappa shape index (κ2) is 9.08. The van der Waals surface area contributed by atoms with Crippen LogP contribution in [0.1, 0.15) is 63.6 Å². The molecule has 0 N–H and O–H groups in total. The molecule has 0 spiro atoms. The summed E-state index contributed by atoms with van der Waals surface area (Å²) in [6, 6.07) is 3.65. The van der Waals surface area contributed by atoms with Gasteiger partial charge in [0.05, 0.1) is 5.69 Å². The highest BCUT2D eigenvalue weighted by molar-refractivity contribution is 5.95. The maximum absolute atomic E-state index is 12.7. The van der Waals surface area contributed by atoms with Crippen LogP contribution in [0.3, 0.4) is 0 Å². The van der Waals surface area contributed by atoms with Crippen molar-refractivity contribution in [1.82, 2.24) is 19.4 Å². The molecule has 6 heteroatoms. The van der Waals surface area contributed by atoms with Gasteiger partial charge in [-0.15, -0.1) is 0 Å². The first kappa shape index (κ1) is 21.5. The summed E-state index contributed by atoms with van der Waals surface area (Å²) in [6.07, 6.45) is 5.98. The van der Waals surface area contributed by atoms with Gasteiger partial charge in [-0.05, 0) is 44.7 Å². The van der Waals surface area contributed by atoms with Crippen LogP contribution >= 0.6 is 0 Å². The minimum atomic E-state index is -0.0714. The summed E-state index contributed by atoms with van der Waals surface area (Å²) in [6.45, 7) is 14.6. The smallest absolute Gasteiger partial charge is 0.253 e. The van der Waals surface area contributed by atoms with Crippen molar-refractivity contribution in [3.8, 4) is 11.4 Å². The van der Waals surface area contributed by atoms with Crippen LogP contribution in [0.2, 0.25) is 0 Å².